The maximum Gasteiger partial charge on any atom is 0.230 e. The van der Waals surface area contributed by atoms with Crippen LogP contribution in [0, 0.1) is 0 Å². The minimum atomic E-state index is -0.0275. The number of nitrogens with zero attached hydrogens (tertiary/aromatic N) is 4. The third-order valence-corrected chi connectivity index (χ3v) is 6.50. The molecule has 1 saturated heterocycles. The molecule has 0 aliphatic carbocycles. The zero-order chi connectivity index (χ0) is 22.5. The molecular weight excluding hydrogens is 438 g/mol. The number of morpholine rings is 1. The lowest BCUT2D eigenvalue weighted by molar-refractivity contribution is -0.118. The van der Waals surface area contributed by atoms with Gasteiger partial charge in [0.25, 0.3) is 0 Å². The highest BCUT2D eigenvalue weighted by molar-refractivity contribution is 7.99. The molecule has 2 aromatic carbocycles. The summed E-state index contributed by atoms with van der Waals surface area (Å²) in [5.41, 5.74) is 0.944. The smallest absolute Gasteiger partial charge is 0.230 e. The van der Waals surface area contributed by atoms with Gasteiger partial charge in [-0.1, -0.05) is 48.2 Å². The summed E-state index contributed by atoms with van der Waals surface area (Å²) in [5, 5.41) is 14.6. The number of hydrogen-bond donors (Lipinski definition) is 1. The van der Waals surface area contributed by atoms with Crippen LogP contribution < -0.4 is 5.32 Å². The highest BCUT2D eigenvalue weighted by Crippen LogP contribution is 2.31. The van der Waals surface area contributed by atoms with Crippen molar-refractivity contribution in [1.29, 1.82) is 0 Å². The number of ether oxygens (including phenoxy) is 1. The standard InChI is InChI=1S/C24H25N5O3S/c30-22(25-10-11-28-12-15-31-16-13-28)17-33-24-27-26-23(21-9-4-14-32-21)29(24)20-8-3-6-18-5-1-2-7-19(18)20/h1-9,14H,10-13,15-17H2,(H,25,30). The molecule has 0 bridgehead atoms. The van der Waals surface area contributed by atoms with Gasteiger partial charge in [0.05, 0.1) is 30.9 Å². The molecule has 170 valence electrons. The maximum absolute atomic E-state index is 12.5. The first kappa shape index (κ1) is 21.7. The van der Waals surface area contributed by atoms with Crippen LogP contribution in [0.1, 0.15) is 0 Å². The van der Waals surface area contributed by atoms with Crippen LogP contribution in [0.25, 0.3) is 28.0 Å². The van der Waals surface area contributed by atoms with Crippen molar-refractivity contribution in [2.75, 3.05) is 45.1 Å². The molecule has 1 fully saturated rings. The van der Waals surface area contributed by atoms with E-state index in [2.05, 4.69) is 38.6 Å². The quantitative estimate of drug-likeness (QED) is 0.402. The second-order valence-electron chi connectivity index (χ2n) is 7.71. The number of carbonyl (C=O) groups is 1. The topological polar surface area (TPSA) is 85.4 Å². The minimum absolute atomic E-state index is 0.0275. The van der Waals surface area contributed by atoms with Crippen LogP contribution >= 0.6 is 11.8 Å². The molecule has 0 spiro atoms. The number of furan rings is 1. The molecule has 0 unspecified atom stereocenters. The summed E-state index contributed by atoms with van der Waals surface area (Å²) in [5.74, 6) is 1.45. The van der Waals surface area contributed by atoms with E-state index in [-0.39, 0.29) is 11.7 Å². The fourth-order valence-electron chi connectivity index (χ4n) is 3.91. The van der Waals surface area contributed by atoms with E-state index in [1.807, 2.05) is 41.0 Å². The largest absolute Gasteiger partial charge is 0.461 e. The molecule has 33 heavy (non-hydrogen) atoms. The molecule has 1 amide bonds. The molecule has 0 radical (unpaired) electrons. The van der Waals surface area contributed by atoms with Crippen LogP contribution in [0.4, 0.5) is 0 Å². The highest BCUT2D eigenvalue weighted by Gasteiger charge is 2.20. The molecule has 0 saturated carbocycles. The number of fused-ring (bicyclic) bond motifs is 1. The molecule has 4 aromatic rings. The molecule has 1 N–H and O–H groups in total. The van der Waals surface area contributed by atoms with Gasteiger partial charge in [0.2, 0.25) is 11.7 Å². The Labute approximate surface area is 195 Å². The lowest BCUT2D eigenvalue weighted by Gasteiger charge is -2.26. The van der Waals surface area contributed by atoms with Gasteiger partial charge in [-0.25, -0.2) is 0 Å². The first-order chi connectivity index (χ1) is 16.3. The number of nitrogens with one attached hydrogen (secondary N) is 1. The van der Waals surface area contributed by atoms with Gasteiger partial charge < -0.3 is 14.5 Å². The number of thioether (sulfide) groups is 1. The summed E-state index contributed by atoms with van der Waals surface area (Å²) in [6.45, 7) is 4.78. The Morgan fingerprint density at radius 2 is 1.88 bits per heavy atom. The fourth-order valence-corrected chi connectivity index (χ4v) is 4.68. The van der Waals surface area contributed by atoms with E-state index >= 15 is 0 Å². The number of amides is 1. The molecular formula is C24H25N5O3S. The maximum atomic E-state index is 12.5. The van der Waals surface area contributed by atoms with Gasteiger partial charge in [0.1, 0.15) is 0 Å². The lowest BCUT2D eigenvalue weighted by Crippen LogP contribution is -2.41. The summed E-state index contributed by atoms with van der Waals surface area (Å²) in [6.07, 6.45) is 1.62. The van der Waals surface area contributed by atoms with Crippen molar-refractivity contribution in [3.05, 3.63) is 60.9 Å². The summed E-state index contributed by atoms with van der Waals surface area (Å²) in [7, 11) is 0. The number of hydrogen-bond acceptors (Lipinski definition) is 7. The van der Waals surface area contributed by atoms with Crippen LogP contribution in [0.3, 0.4) is 0 Å². The predicted molar refractivity (Wildman–Crippen MR) is 128 cm³/mol. The third kappa shape index (κ3) is 4.95. The normalized spacial score (nSPS) is 14.5. The van der Waals surface area contributed by atoms with Crippen molar-refractivity contribution >= 4 is 28.4 Å². The zero-order valence-corrected chi connectivity index (χ0v) is 19.0. The van der Waals surface area contributed by atoms with Crippen molar-refractivity contribution in [3.8, 4) is 17.3 Å². The van der Waals surface area contributed by atoms with E-state index in [0.29, 0.717) is 23.3 Å². The molecule has 8 nitrogen and oxygen atoms in total. The summed E-state index contributed by atoms with van der Waals surface area (Å²) in [6, 6.07) is 18.0. The van der Waals surface area contributed by atoms with Gasteiger partial charge in [-0.15, -0.1) is 10.2 Å². The Morgan fingerprint density at radius 3 is 2.73 bits per heavy atom. The van der Waals surface area contributed by atoms with Crippen molar-refractivity contribution in [2.24, 2.45) is 0 Å². The molecule has 5 rings (SSSR count). The van der Waals surface area contributed by atoms with Crippen LogP contribution in [0.2, 0.25) is 0 Å². The van der Waals surface area contributed by atoms with Gasteiger partial charge >= 0.3 is 0 Å². The van der Waals surface area contributed by atoms with E-state index in [1.165, 1.54) is 11.8 Å². The van der Waals surface area contributed by atoms with Gasteiger partial charge in [0, 0.05) is 31.6 Å². The summed E-state index contributed by atoms with van der Waals surface area (Å²) < 4.78 is 12.9. The second-order valence-corrected chi connectivity index (χ2v) is 8.65. The predicted octanol–water partition coefficient (Wildman–Crippen LogP) is 3.22. The monoisotopic (exact) mass is 463 g/mol. The third-order valence-electron chi connectivity index (χ3n) is 5.57. The number of benzene rings is 2. The van der Waals surface area contributed by atoms with E-state index in [1.54, 1.807) is 6.26 Å². The number of rotatable bonds is 8. The van der Waals surface area contributed by atoms with E-state index in [9.17, 15) is 4.79 Å². The Bertz CT molecular complexity index is 1210. The molecule has 0 atom stereocenters. The van der Waals surface area contributed by atoms with Crippen LogP contribution in [0.15, 0.2) is 70.4 Å². The van der Waals surface area contributed by atoms with Crippen molar-refractivity contribution < 1.29 is 13.9 Å². The first-order valence-corrected chi connectivity index (χ1v) is 12.0. The van der Waals surface area contributed by atoms with Crippen molar-refractivity contribution in [3.63, 3.8) is 0 Å². The summed E-state index contributed by atoms with van der Waals surface area (Å²) >= 11 is 1.36. The Balaban J connectivity index is 1.34. The van der Waals surface area contributed by atoms with Gasteiger partial charge in [-0.2, -0.15) is 0 Å². The Hall–Kier alpha value is -3.14. The van der Waals surface area contributed by atoms with Gasteiger partial charge in [0.15, 0.2) is 10.9 Å². The molecule has 2 aromatic heterocycles. The van der Waals surface area contributed by atoms with Gasteiger partial charge in [-0.3, -0.25) is 14.3 Å². The number of carbonyl (C=O) groups excluding carboxylic acids is 1. The Kier molecular flexibility index (Phi) is 6.71. The Morgan fingerprint density at radius 1 is 1.03 bits per heavy atom. The van der Waals surface area contributed by atoms with Crippen LogP contribution in [-0.2, 0) is 9.53 Å². The summed E-state index contributed by atoms with van der Waals surface area (Å²) in [4.78, 5) is 14.8. The fraction of sp³-hybridized carbons (Fsp3) is 0.292. The number of aromatic nitrogens is 3. The second kappa shape index (κ2) is 10.2. The van der Waals surface area contributed by atoms with Crippen LogP contribution in [-0.4, -0.2) is 70.7 Å². The van der Waals surface area contributed by atoms with Crippen molar-refractivity contribution in [1.82, 2.24) is 25.0 Å². The molecule has 9 heteroatoms. The van der Waals surface area contributed by atoms with E-state index in [0.717, 1.165) is 49.3 Å². The zero-order valence-electron chi connectivity index (χ0n) is 18.1. The van der Waals surface area contributed by atoms with Gasteiger partial charge in [-0.05, 0) is 23.6 Å². The van der Waals surface area contributed by atoms with E-state index < -0.39 is 0 Å². The average Bonchev–Trinajstić information content (AvgIpc) is 3.53. The van der Waals surface area contributed by atoms with E-state index in [4.69, 9.17) is 9.15 Å². The lowest BCUT2D eigenvalue weighted by atomic mass is 10.1. The SMILES string of the molecule is O=C(CSc1nnc(-c2ccco2)n1-c1cccc2ccccc12)NCCN1CCOCC1. The highest BCUT2D eigenvalue weighted by atomic mass is 32.2. The van der Waals surface area contributed by atoms with Crippen LogP contribution in [0.5, 0.6) is 0 Å². The first-order valence-electron chi connectivity index (χ1n) is 11.0. The molecule has 1 aliphatic rings. The van der Waals surface area contributed by atoms with Crippen molar-refractivity contribution in [2.45, 2.75) is 5.16 Å². The average molecular weight is 464 g/mol. The molecule has 3 heterocycles. The molecule has 1 aliphatic heterocycles. The minimum Gasteiger partial charge on any atom is -0.461 e.